The van der Waals surface area contributed by atoms with Crippen LogP contribution in [0.15, 0.2) is 0 Å². The van der Waals surface area contributed by atoms with Gasteiger partial charge in [0.05, 0.1) is 13.2 Å². The zero-order valence-corrected chi connectivity index (χ0v) is 9.00. The van der Waals surface area contributed by atoms with Crippen LogP contribution in [0.3, 0.4) is 0 Å². The standard InChI is InChI=1S/C11H22N2O/c12-11(4-5-11)3-1-2-6-13-7-9-14-10-8-13/h1-10,12H2. The van der Waals surface area contributed by atoms with E-state index in [1.54, 1.807) is 0 Å². The highest BCUT2D eigenvalue weighted by atomic mass is 16.5. The zero-order chi connectivity index (χ0) is 9.86. The Bertz CT molecular complexity index is 174. The molecule has 1 aliphatic carbocycles. The Morgan fingerprint density at radius 2 is 1.86 bits per heavy atom. The first-order valence-corrected chi connectivity index (χ1v) is 5.88. The van der Waals surface area contributed by atoms with E-state index in [-0.39, 0.29) is 5.54 Å². The molecule has 1 heterocycles. The molecule has 0 spiro atoms. The van der Waals surface area contributed by atoms with Crippen molar-refractivity contribution in [3.63, 3.8) is 0 Å². The van der Waals surface area contributed by atoms with Crippen molar-refractivity contribution < 1.29 is 4.74 Å². The summed E-state index contributed by atoms with van der Waals surface area (Å²) in [6.07, 6.45) is 6.35. The van der Waals surface area contributed by atoms with Gasteiger partial charge >= 0.3 is 0 Å². The number of nitrogens with zero attached hydrogens (tertiary/aromatic N) is 1. The molecule has 0 unspecified atom stereocenters. The second-order valence-electron chi connectivity index (χ2n) is 4.77. The second-order valence-corrected chi connectivity index (χ2v) is 4.77. The van der Waals surface area contributed by atoms with Gasteiger partial charge in [0, 0.05) is 18.6 Å². The van der Waals surface area contributed by atoms with E-state index >= 15 is 0 Å². The van der Waals surface area contributed by atoms with Crippen LogP contribution in [0.25, 0.3) is 0 Å². The summed E-state index contributed by atoms with van der Waals surface area (Å²) in [7, 11) is 0. The Kier molecular flexibility index (Phi) is 3.42. The van der Waals surface area contributed by atoms with Crippen LogP contribution in [0.1, 0.15) is 32.1 Å². The van der Waals surface area contributed by atoms with Crippen molar-refractivity contribution in [1.82, 2.24) is 4.90 Å². The predicted molar refractivity (Wildman–Crippen MR) is 57.3 cm³/mol. The van der Waals surface area contributed by atoms with Crippen molar-refractivity contribution in [3.05, 3.63) is 0 Å². The van der Waals surface area contributed by atoms with Gasteiger partial charge in [-0.2, -0.15) is 0 Å². The maximum Gasteiger partial charge on any atom is 0.0594 e. The Morgan fingerprint density at radius 1 is 1.14 bits per heavy atom. The first kappa shape index (κ1) is 10.4. The Balaban J connectivity index is 1.49. The lowest BCUT2D eigenvalue weighted by Gasteiger charge is -2.26. The van der Waals surface area contributed by atoms with E-state index < -0.39 is 0 Å². The lowest BCUT2D eigenvalue weighted by Crippen LogP contribution is -2.36. The molecule has 3 heteroatoms. The molecule has 0 atom stereocenters. The van der Waals surface area contributed by atoms with Gasteiger partial charge in [-0.25, -0.2) is 0 Å². The smallest absolute Gasteiger partial charge is 0.0594 e. The maximum absolute atomic E-state index is 6.03. The van der Waals surface area contributed by atoms with E-state index in [9.17, 15) is 0 Å². The molecule has 0 amide bonds. The summed E-state index contributed by atoms with van der Waals surface area (Å²) < 4.78 is 5.31. The molecule has 82 valence electrons. The molecular formula is C11H22N2O. The number of rotatable bonds is 5. The first-order valence-electron chi connectivity index (χ1n) is 5.88. The third kappa shape index (κ3) is 3.23. The largest absolute Gasteiger partial charge is 0.379 e. The molecule has 1 saturated carbocycles. The lowest BCUT2D eigenvalue weighted by atomic mass is 10.1. The highest BCUT2D eigenvalue weighted by Gasteiger charge is 2.36. The molecule has 0 aromatic heterocycles. The molecule has 2 aliphatic rings. The molecule has 0 aromatic rings. The van der Waals surface area contributed by atoms with E-state index in [0.717, 1.165) is 26.3 Å². The highest BCUT2D eigenvalue weighted by molar-refractivity contribution is 4.98. The summed E-state index contributed by atoms with van der Waals surface area (Å²) in [5, 5.41) is 0. The van der Waals surface area contributed by atoms with Crippen molar-refractivity contribution in [3.8, 4) is 0 Å². The van der Waals surface area contributed by atoms with Gasteiger partial charge in [-0.1, -0.05) is 6.42 Å². The number of nitrogens with two attached hydrogens (primary N) is 1. The van der Waals surface area contributed by atoms with E-state index in [0.29, 0.717) is 0 Å². The van der Waals surface area contributed by atoms with E-state index in [1.165, 1.54) is 38.6 Å². The number of morpholine rings is 1. The summed E-state index contributed by atoms with van der Waals surface area (Å²) in [6.45, 7) is 5.31. The van der Waals surface area contributed by atoms with Crippen LogP contribution in [-0.2, 0) is 4.74 Å². The van der Waals surface area contributed by atoms with Gasteiger partial charge in [0.25, 0.3) is 0 Å². The van der Waals surface area contributed by atoms with Crippen LogP contribution in [0.5, 0.6) is 0 Å². The lowest BCUT2D eigenvalue weighted by molar-refractivity contribution is 0.0370. The first-order chi connectivity index (χ1) is 6.79. The van der Waals surface area contributed by atoms with Gasteiger partial charge < -0.3 is 10.5 Å². The SMILES string of the molecule is NC1(CCCCN2CCOCC2)CC1. The molecule has 2 rings (SSSR count). The minimum absolute atomic E-state index is 0.255. The maximum atomic E-state index is 6.03. The second kappa shape index (κ2) is 4.60. The summed E-state index contributed by atoms with van der Waals surface area (Å²) >= 11 is 0. The van der Waals surface area contributed by atoms with Crippen molar-refractivity contribution in [2.75, 3.05) is 32.8 Å². The zero-order valence-electron chi connectivity index (χ0n) is 9.00. The summed E-state index contributed by atoms with van der Waals surface area (Å²) in [5.74, 6) is 0. The van der Waals surface area contributed by atoms with Gasteiger partial charge in [0.15, 0.2) is 0 Å². The minimum atomic E-state index is 0.255. The minimum Gasteiger partial charge on any atom is -0.379 e. The molecule has 1 saturated heterocycles. The number of ether oxygens (including phenoxy) is 1. The van der Waals surface area contributed by atoms with Gasteiger partial charge in [-0.05, 0) is 32.2 Å². The van der Waals surface area contributed by atoms with Crippen molar-refractivity contribution in [2.45, 2.75) is 37.6 Å². The number of unbranched alkanes of at least 4 members (excludes halogenated alkanes) is 1. The summed E-state index contributed by atoms with van der Waals surface area (Å²) in [4.78, 5) is 2.50. The quantitative estimate of drug-likeness (QED) is 0.669. The van der Waals surface area contributed by atoms with Crippen LogP contribution in [-0.4, -0.2) is 43.3 Å². The molecule has 0 aromatic carbocycles. The van der Waals surface area contributed by atoms with E-state index in [1.807, 2.05) is 0 Å². The summed E-state index contributed by atoms with van der Waals surface area (Å²) in [6, 6.07) is 0. The fraction of sp³-hybridized carbons (Fsp3) is 1.00. The number of hydrogen-bond acceptors (Lipinski definition) is 3. The molecule has 2 fully saturated rings. The molecule has 1 aliphatic heterocycles. The monoisotopic (exact) mass is 198 g/mol. The van der Waals surface area contributed by atoms with Gasteiger partial charge in [0.1, 0.15) is 0 Å². The number of hydrogen-bond donors (Lipinski definition) is 1. The molecule has 3 nitrogen and oxygen atoms in total. The van der Waals surface area contributed by atoms with E-state index in [4.69, 9.17) is 10.5 Å². The molecule has 0 radical (unpaired) electrons. The Hall–Kier alpha value is -0.120. The average Bonchev–Trinajstić information content (AvgIpc) is 2.94. The van der Waals surface area contributed by atoms with Gasteiger partial charge in [-0.15, -0.1) is 0 Å². The predicted octanol–water partition coefficient (Wildman–Crippen LogP) is 0.980. The normalized spacial score (nSPS) is 26.4. The Morgan fingerprint density at radius 3 is 2.50 bits per heavy atom. The van der Waals surface area contributed by atoms with Gasteiger partial charge in [0.2, 0.25) is 0 Å². The third-order valence-electron chi connectivity index (χ3n) is 3.39. The fourth-order valence-electron chi connectivity index (χ4n) is 2.05. The van der Waals surface area contributed by atoms with Crippen LogP contribution in [0, 0.1) is 0 Å². The third-order valence-corrected chi connectivity index (χ3v) is 3.39. The topological polar surface area (TPSA) is 38.5 Å². The molecule has 2 N–H and O–H groups in total. The Labute approximate surface area is 86.6 Å². The van der Waals surface area contributed by atoms with Crippen LogP contribution < -0.4 is 5.73 Å². The van der Waals surface area contributed by atoms with Crippen molar-refractivity contribution >= 4 is 0 Å². The van der Waals surface area contributed by atoms with Gasteiger partial charge in [-0.3, -0.25) is 4.90 Å². The van der Waals surface area contributed by atoms with Crippen molar-refractivity contribution in [1.29, 1.82) is 0 Å². The molecular weight excluding hydrogens is 176 g/mol. The fourth-order valence-corrected chi connectivity index (χ4v) is 2.05. The molecule has 0 bridgehead atoms. The van der Waals surface area contributed by atoms with Crippen LogP contribution in [0.2, 0.25) is 0 Å². The highest BCUT2D eigenvalue weighted by Crippen LogP contribution is 2.36. The van der Waals surface area contributed by atoms with E-state index in [2.05, 4.69) is 4.90 Å². The summed E-state index contributed by atoms with van der Waals surface area (Å²) in [5.41, 5.74) is 6.29. The van der Waals surface area contributed by atoms with Crippen LogP contribution >= 0.6 is 0 Å². The van der Waals surface area contributed by atoms with Crippen molar-refractivity contribution in [2.24, 2.45) is 5.73 Å². The molecule has 14 heavy (non-hydrogen) atoms. The average molecular weight is 198 g/mol. The van der Waals surface area contributed by atoms with Crippen LogP contribution in [0.4, 0.5) is 0 Å².